The van der Waals surface area contributed by atoms with Crippen molar-refractivity contribution >= 4 is 56.4 Å². The van der Waals surface area contributed by atoms with Crippen molar-refractivity contribution in [1.82, 2.24) is 10.2 Å². The van der Waals surface area contributed by atoms with Crippen LogP contribution < -0.4 is 14.4 Å². The highest BCUT2D eigenvalue weighted by molar-refractivity contribution is 7.92. The maximum absolute atomic E-state index is 13.8. The number of halogens is 2. The first-order valence-electron chi connectivity index (χ1n) is 11.7. The highest BCUT2D eigenvalue weighted by atomic mass is 35.5. The summed E-state index contributed by atoms with van der Waals surface area (Å²) in [4.78, 5) is 38.7. The third-order valence-electron chi connectivity index (χ3n) is 5.65. The second-order valence-corrected chi connectivity index (χ2v) is 11.0. The lowest BCUT2D eigenvalue weighted by Gasteiger charge is -2.33. The van der Waals surface area contributed by atoms with Crippen LogP contribution in [0.4, 0.5) is 11.4 Å². The van der Waals surface area contributed by atoms with E-state index in [4.69, 9.17) is 27.9 Å². The number of benzene rings is 2. The normalized spacial score (nSPS) is 11.9. The van der Waals surface area contributed by atoms with Crippen LogP contribution in [0.1, 0.15) is 32.3 Å². The molecular formula is C24H30Cl2N4O7S. The second kappa shape index (κ2) is 13.6. The van der Waals surface area contributed by atoms with Crippen LogP contribution >= 0.6 is 23.2 Å². The van der Waals surface area contributed by atoms with Crippen molar-refractivity contribution < 1.29 is 27.7 Å². The number of ether oxygens (including phenoxy) is 1. The van der Waals surface area contributed by atoms with Crippen molar-refractivity contribution in [2.24, 2.45) is 0 Å². The SMILES string of the molecule is CCCNC(=O)[C@H](CC)N(Cc1c(Cl)cccc1Cl)C(=O)CN(c1cc([N+](=O)[O-])ccc1OC)S(C)(=O)=O. The lowest BCUT2D eigenvalue weighted by atomic mass is 10.1. The molecule has 1 N–H and O–H groups in total. The van der Waals surface area contributed by atoms with Gasteiger partial charge in [0.2, 0.25) is 21.8 Å². The number of carbonyl (C=O) groups is 2. The molecule has 0 spiro atoms. The first-order valence-corrected chi connectivity index (χ1v) is 14.3. The standard InChI is InChI=1S/C24H30Cl2N4O7S/c1-5-12-27-24(32)20(6-2)28(14-17-18(25)8-7-9-19(17)26)23(31)15-29(38(4,35)36)21-13-16(30(33)34)10-11-22(21)37-3/h7-11,13,20H,5-6,12,14-15H2,1-4H3,(H,27,32)/t20-/m0/s1. The molecule has 2 amide bonds. The highest BCUT2D eigenvalue weighted by Gasteiger charge is 2.33. The van der Waals surface area contributed by atoms with Gasteiger partial charge in [0.05, 0.1) is 18.3 Å². The van der Waals surface area contributed by atoms with E-state index in [0.29, 0.717) is 22.8 Å². The minimum atomic E-state index is -4.15. The zero-order valence-corrected chi connectivity index (χ0v) is 23.8. The molecule has 38 heavy (non-hydrogen) atoms. The van der Waals surface area contributed by atoms with Gasteiger partial charge in [-0.2, -0.15) is 0 Å². The summed E-state index contributed by atoms with van der Waals surface area (Å²) in [7, 11) is -2.88. The zero-order chi connectivity index (χ0) is 28.6. The van der Waals surface area contributed by atoms with E-state index in [1.165, 1.54) is 18.1 Å². The van der Waals surface area contributed by atoms with Crippen molar-refractivity contribution in [2.45, 2.75) is 39.3 Å². The molecule has 0 saturated heterocycles. The summed E-state index contributed by atoms with van der Waals surface area (Å²) in [6.07, 6.45) is 1.74. The van der Waals surface area contributed by atoms with Crippen LogP contribution in [0.25, 0.3) is 0 Å². The monoisotopic (exact) mass is 588 g/mol. The Bertz CT molecular complexity index is 1270. The van der Waals surface area contributed by atoms with Crippen LogP contribution in [-0.4, -0.2) is 62.6 Å². The number of nitrogens with one attached hydrogen (secondary N) is 1. The number of hydrogen-bond donors (Lipinski definition) is 1. The summed E-state index contributed by atoms with van der Waals surface area (Å²) >= 11 is 12.7. The number of non-ortho nitro benzene ring substituents is 1. The van der Waals surface area contributed by atoms with Crippen LogP contribution in [0.2, 0.25) is 10.0 Å². The molecule has 11 nitrogen and oxygen atoms in total. The maximum Gasteiger partial charge on any atom is 0.271 e. The Labute approximate surface area is 231 Å². The van der Waals surface area contributed by atoms with E-state index in [1.54, 1.807) is 25.1 Å². The van der Waals surface area contributed by atoms with Gasteiger partial charge in [0.15, 0.2) is 0 Å². The Morgan fingerprint density at radius 3 is 2.29 bits per heavy atom. The molecule has 0 radical (unpaired) electrons. The summed E-state index contributed by atoms with van der Waals surface area (Å²) in [5.41, 5.74) is -0.214. The van der Waals surface area contributed by atoms with E-state index in [-0.39, 0.29) is 34.4 Å². The number of hydrogen-bond acceptors (Lipinski definition) is 7. The molecule has 0 aliphatic heterocycles. The molecule has 0 aliphatic rings. The van der Waals surface area contributed by atoms with Crippen molar-refractivity contribution in [3.63, 3.8) is 0 Å². The summed E-state index contributed by atoms with van der Waals surface area (Å²) in [5, 5.41) is 14.7. The number of sulfonamides is 1. The minimum Gasteiger partial charge on any atom is -0.495 e. The fraction of sp³-hybridized carbons (Fsp3) is 0.417. The maximum atomic E-state index is 13.8. The molecule has 0 heterocycles. The molecule has 2 aromatic carbocycles. The second-order valence-electron chi connectivity index (χ2n) is 8.32. The Balaban J connectivity index is 2.60. The Morgan fingerprint density at radius 1 is 1.16 bits per heavy atom. The third kappa shape index (κ3) is 7.71. The molecule has 2 rings (SSSR count). The summed E-state index contributed by atoms with van der Waals surface area (Å²) in [6, 6.07) is 7.22. The van der Waals surface area contributed by atoms with Gasteiger partial charge in [-0.15, -0.1) is 0 Å². The lowest BCUT2D eigenvalue weighted by molar-refractivity contribution is -0.384. The molecule has 0 aromatic heterocycles. The van der Waals surface area contributed by atoms with Gasteiger partial charge >= 0.3 is 0 Å². The number of anilines is 1. The van der Waals surface area contributed by atoms with Gasteiger partial charge in [-0.05, 0) is 31.0 Å². The molecule has 2 aromatic rings. The predicted molar refractivity (Wildman–Crippen MR) is 146 cm³/mol. The number of nitro benzene ring substituents is 1. The molecule has 208 valence electrons. The van der Waals surface area contributed by atoms with Crippen LogP contribution in [0.5, 0.6) is 5.75 Å². The van der Waals surface area contributed by atoms with Gasteiger partial charge in [-0.3, -0.25) is 24.0 Å². The molecule has 0 fully saturated rings. The van der Waals surface area contributed by atoms with E-state index >= 15 is 0 Å². The van der Waals surface area contributed by atoms with Gasteiger partial charge in [-0.25, -0.2) is 8.42 Å². The van der Waals surface area contributed by atoms with Gasteiger partial charge in [0.25, 0.3) is 5.69 Å². The minimum absolute atomic E-state index is 0.00209. The fourth-order valence-corrected chi connectivity index (χ4v) is 5.08. The smallest absolute Gasteiger partial charge is 0.271 e. The van der Waals surface area contributed by atoms with E-state index in [2.05, 4.69) is 5.32 Å². The Morgan fingerprint density at radius 2 is 1.79 bits per heavy atom. The van der Waals surface area contributed by atoms with Crippen LogP contribution in [0, 0.1) is 10.1 Å². The van der Waals surface area contributed by atoms with E-state index in [1.807, 2.05) is 6.92 Å². The largest absolute Gasteiger partial charge is 0.495 e. The summed E-state index contributed by atoms with van der Waals surface area (Å²) in [5.74, 6) is -1.18. The van der Waals surface area contributed by atoms with E-state index in [0.717, 1.165) is 18.4 Å². The first-order chi connectivity index (χ1) is 17.8. The van der Waals surface area contributed by atoms with Crippen molar-refractivity contribution in [3.05, 3.63) is 62.1 Å². The molecule has 14 heteroatoms. The summed E-state index contributed by atoms with van der Waals surface area (Å²) in [6.45, 7) is 3.02. The molecule has 1 atom stereocenters. The fourth-order valence-electron chi connectivity index (χ4n) is 3.72. The Hall–Kier alpha value is -3.09. The average molecular weight is 589 g/mol. The molecule has 0 bridgehead atoms. The number of methoxy groups -OCH3 is 1. The molecular weight excluding hydrogens is 559 g/mol. The van der Waals surface area contributed by atoms with Crippen LogP contribution in [-0.2, 0) is 26.2 Å². The predicted octanol–water partition coefficient (Wildman–Crippen LogP) is 4.01. The van der Waals surface area contributed by atoms with Crippen LogP contribution in [0.15, 0.2) is 36.4 Å². The average Bonchev–Trinajstić information content (AvgIpc) is 2.86. The van der Waals surface area contributed by atoms with E-state index in [9.17, 15) is 28.1 Å². The Kier molecular flexibility index (Phi) is 11.2. The number of amides is 2. The van der Waals surface area contributed by atoms with Crippen LogP contribution in [0.3, 0.4) is 0 Å². The van der Waals surface area contributed by atoms with Crippen molar-refractivity contribution in [2.75, 3.05) is 30.8 Å². The number of nitro groups is 1. The van der Waals surface area contributed by atoms with Gasteiger partial charge in [-0.1, -0.05) is 43.1 Å². The summed E-state index contributed by atoms with van der Waals surface area (Å²) < 4.78 is 31.6. The van der Waals surface area contributed by atoms with Crippen molar-refractivity contribution in [1.29, 1.82) is 0 Å². The molecule has 0 aliphatic carbocycles. The number of nitrogens with zero attached hydrogens (tertiary/aromatic N) is 3. The van der Waals surface area contributed by atoms with Gasteiger partial charge < -0.3 is 15.0 Å². The highest BCUT2D eigenvalue weighted by Crippen LogP contribution is 2.34. The molecule has 0 saturated carbocycles. The molecule has 0 unspecified atom stereocenters. The number of carbonyl (C=O) groups excluding carboxylic acids is 2. The quantitative estimate of drug-likeness (QED) is 0.275. The lowest BCUT2D eigenvalue weighted by Crippen LogP contribution is -2.52. The van der Waals surface area contributed by atoms with Crippen molar-refractivity contribution in [3.8, 4) is 5.75 Å². The topological polar surface area (TPSA) is 139 Å². The first kappa shape index (κ1) is 31.1. The third-order valence-corrected chi connectivity index (χ3v) is 7.48. The van der Waals surface area contributed by atoms with Gasteiger partial charge in [0.1, 0.15) is 24.0 Å². The van der Waals surface area contributed by atoms with E-state index < -0.39 is 45.0 Å². The van der Waals surface area contributed by atoms with Gasteiger partial charge in [0, 0.05) is 40.8 Å². The zero-order valence-electron chi connectivity index (χ0n) is 21.4. The number of rotatable bonds is 13.